The van der Waals surface area contributed by atoms with Gasteiger partial charge in [-0.05, 0) is 56.4 Å². The Hall–Kier alpha value is -1.88. The summed E-state index contributed by atoms with van der Waals surface area (Å²) in [4.78, 5) is 10.4. The summed E-state index contributed by atoms with van der Waals surface area (Å²) in [6, 6.07) is 5.23. The van der Waals surface area contributed by atoms with E-state index in [0.717, 1.165) is 23.5 Å². The summed E-state index contributed by atoms with van der Waals surface area (Å²) >= 11 is 1.68. The molecule has 0 saturated carbocycles. The molecule has 5 heteroatoms. The molecule has 110 valence electrons. The molecule has 0 bridgehead atoms. The molecule has 0 fully saturated rings. The Morgan fingerprint density at radius 1 is 1.38 bits per heavy atom. The van der Waals surface area contributed by atoms with Gasteiger partial charge in [0.2, 0.25) is 5.13 Å². The Morgan fingerprint density at radius 3 is 3.05 bits per heavy atom. The van der Waals surface area contributed by atoms with Gasteiger partial charge in [0.1, 0.15) is 0 Å². The number of fused-ring (bicyclic) bond motifs is 1. The quantitative estimate of drug-likeness (QED) is 0.872. The van der Waals surface area contributed by atoms with E-state index in [1.54, 1.807) is 29.7 Å². The predicted molar refractivity (Wildman–Crippen MR) is 85.3 cm³/mol. The summed E-state index contributed by atoms with van der Waals surface area (Å²) in [5, 5.41) is 10.5. The van der Waals surface area contributed by atoms with Gasteiger partial charge in [-0.15, -0.1) is 0 Å². The third-order valence-electron chi connectivity index (χ3n) is 3.44. The first-order valence-corrected chi connectivity index (χ1v) is 8.06. The minimum atomic E-state index is 0.152. The first kappa shape index (κ1) is 14.1. The summed E-state index contributed by atoms with van der Waals surface area (Å²) in [6.45, 7) is 2.41. The van der Waals surface area contributed by atoms with E-state index in [0.29, 0.717) is 12.4 Å². The molecule has 1 aliphatic rings. The van der Waals surface area contributed by atoms with Crippen LogP contribution in [0.15, 0.2) is 23.2 Å². The van der Waals surface area contributed by atoms with E-state index >= 15 is 0 Å². The fourth-order valence-electron chi connectivity index (χ4n) is 2.41. The highest BCUT2D eigenvalue weighted by Crippen LogP contribution is 2.31. The summed E-state index contributed by atoms with van der Waals surface area (Å²) in [5.74, 6) is 0.638. The Bertz CT molecular complexity index is 641. The van der Waals surface area contributed by atoms with Crippen LogP contribution in [0.5, 0.6) is 11.5 Å². The van der Waals surface area contributed by atoms with Gasteiger partial charge in [-0.3, -0.25) is 0 Å². The first-order valence-electron chi connectivity index (χ1n) is 7.24. The first-order chi connectivity index (χ1) is 10.3. The number of aromatic nitrogens is 1. The Morgan fingerprint density at radius 2 is 2.24 bits per heavy atom. The lowest BCUT2D eigenvalue weighted by Gasteiger charge is -2.06. The number of aromatic hydroxyl groups is 1. The summed E-state index contributed by atoms with van der Waals surface area (Å²) in [5.41, 5.74) is 2.11. The molecule has 0 aliphatic heterocycles. The Balaban J connectivity index is 1.79. The van der Waals surface area contributed by atoms with Crippen LogP contribution in [0.4, 0.5) is 5.13 Å². The van der Waals surface area contributed by atoms with E-state index in [-0.39, 0.29) is 5.75 Å². The summed E-state index contributed by atoms with van der Waals surface area (Å²) in [7, 11) is 0. The SMILES string of the molecule is CCOc1cc(/C=N/c2nc3c(s2)CCCC3)ccc1O. The number of hydrogen-bond acceptors (Lipinski definition) is 5. The van der Waals surface area contributed by atoms with Crippen molar-refractivity contribution in [1.82, 2.24) is 4.98 Å². The number of ether oxygens (including phenoxy) is 1. The van der Waals surface area contributed by atoms with Crippen molar-refractivity contribution in [3.8, 4) is 11.5 Å². The van der Waals surface area contributed by atoms with Gasteiger partial charge >= 0.3 is 0 Å². The van der Waals surface area contributed by atoms with Gasteiger partial charge in [0.25, 0.3) is 0 Å². The van der Waals surface area contributed by atoms with E-state index in [2.05, 4.69) is 9.98 Å². The second kappa shape index (κ2) is 6.26. The largest absolute Gasteiger partial charge is 0.504 e. The van der Waals surface area contributed by atoms with Crippen LogP contribution in [0.2, 0.25) is 0 Å². The van der Waals surface area contributed by atoms with Crippen molar-refractivity contribution in [3.63, 3.8) is 0 Å². The minimum Gasteiger partial charge on any atom is -0.504 e. The molecule has 0 radical (unpaired) electrons. The number of phenols is 1. The van der Waals surface area contributed by atoms with Crippen LogP contribution in [-0.4, -0.2) is 22.9 Å². The fourth-order valence-corrected chi connectivity index (χ4v) is 3.40. The fraction of sp³-hybridized carbons (Fsp3) is 0.375. The molecule has 1 aromatic heterocycles. The number of thiazole rings is 1. The number of hydrogen-bond donors (Lipinski definition) is 1. The normalized spacial score (nSPS) is 14.3. The van der Waals surface area contributed by atoms with Crippen molar-refractivity contribution in [2.45, 2.75) is 32.6 Å². The molecule has 0 spiro atoms. The maximum atomic E-state index is 9.68. The van der Waals surface area contributed by atoms with Crippen LogP contribution in [0, 0.1) is 0 Å². The summed E-state index contributed by atoms with van der Waals surface area (Å²) < 4.78 is 5.37. The Kier molecular flexibility index (Phi) is 4.20. The van der Waals surface area contributed by atoms with Crippen LogP contribution in [-0.2, 0) is 12.8 Å². The van der Waals surface area contributed by atoms with Gasteiger partial charge in [0.05, 0.1) is 12.3 Å². The topological polar surface area (TPSA) is 54.7 Å². The average Bonchev–Trinajstić information content (AvgIpc) is 2.91. The standard InChI is InChI=1S/C16H18N2O2S/c1-2-20-14-9-11(7-8-13(14)19)10-17-16-18-12-5-3-4-6-15(12)21-16/h7-10,19H,2-6H2,1H3/b17-10+. The highest BCUT2D eigenvalue weighted by molar-refractivity contribution is 7.15. The number of aliphatic imine (C=N–C) groups is 1. The van der Waals surface area contributed by atoms with Crippen molar-refractivity contribution in [2.24, 2.45) is 4.99 Å². The lowest BCUT2D eigenvalue weighted by molar-refractivity contribution is 0.318. The highest BCUT2D eigenvalue weighted by atomic mass is 32.1. The van der Waals surface area contributed by atoms with Crippen molar-refractivity contribution >= 4 is 22.7 Å². The number of aryl methyl sites for hydroxylation is 2. The molecule has 3 rings (SSSR count). The van der Waals surface area contributed by atoms with E-state index < -0.39 is 0 Å². The van der Waals surface area contributed by atoms with Gasteiger partial charge in [-0.1, -0.05) is 11.3 Å². The monoisotopic (exact) mass is 302 g/mol. The molecule has 1 aromatic carbocycles. The third kappa shape index (κ3) is 3.24. The molecule has 21 heavy (non-hydrogen) atoms. The zero-order valence-electron chi connectivity index (χ0n) is 12.0. The predicted octanol–water partition coefficient (Wildman–Crippen LogP) is 3.88. The second-order valence-corrected chi connectivity index (χ2v) is 6.05. The Labute approximate surface area is 128 Å². The smallest absolute Gasteiger partial charge is 0.209 e. The molecule has 1 aliphatic carbocycles. The lowest BCUT2D eigenvalue weighted by Crippen LogP contribution is -1.98. The van der Waals surface area contributed by atoms with E-state index in [1.807, 2.05) is 13.0 Å². The van der Waals surface area contributed by atoms with Crippen LogP contribution in [0.25, 0.3) is 0 Å². The van der Waals surface area contributed by atoms with Crippen LogP contribution >= 0.6 is 11.3 Å². The minimum absolute atomic E-state index is 0.152. The zero-order valence-corrected chi connectivity index (χ0v) is 12.8. The van der Waals surface area contributed by atoms with Crippen LogP contribution in [0.3, 0.4) is 0 Å². The maximum Gasteiger partial charge on any atom is 0.209 e. The van der Waals surface area contributed by atoms with Crippen LogP contribution in [0.1, 0.15) is 35.9 Å². The van der Waals surface area contributed by atoms with Crippen molar-refractivity contribution in [2.75, 3.05) is 6.61 Å². The van der Waals surface area contributed by atoms with Gasteiger partial charge in [0.15, 0.2) is 11.5 Å². The summed E-state index contributed by atoms with van der Waals surface area (Å²) in [6.07, 6.45) is 6.47. The average molecular weight is 302 g/mol. The molecular weight excluding hydrogens is 284 g/mol. The molecule has 0 atom stereocenters. The van der Waals surface area contributed by atoms with E-state index in [9.17, 15) is 5.11 Å². The number of phenolic OH excluding ortho intramolecular Hbond substituents is 1. The zero-order chi connectivity index (χ0) is 14.7. The number of rotatable bonds is 4. The van der Waals surface area contributed by atoms with Crippen LogP contribution < -0.4 is 4.74 Å². The van der Waals surface area contributed by atoms with Crippen molar-refractivity contribution in [3.05, 3.63) is 34.3 Å². The van der Waals surface area contributed by atoms with Gasteiger partial charge in [-0.2, -0.15) is 0 Å². The molecule has 0 saturated heterocycles. The molecule has 4 nitrogen and oxygen atoms in total. The molecule has 2 aromatic rings. The molecule has 1 heterocycles. The van der Waals surface area contributed by atoms with E-state index in [1.165, 1.54) is 23.4 Å². The number of benzene rings is 1. The lowest BCUT2D eigenvalue weighted by atomic mass is 10.0. The molecule has 1 N–H and O–H groups in total. The molecular formula is C16H18N2O2S. The third-order valence-corrected chi connectivity index (χ3v) is 4.51. The molecule has 0 unspecified atom stereocenters. The highest BCUT2D eigenvalue weighted by Gasteiger charge is 2.14. The second-order valence-electron chi connectivity index (χ2n) is 4.99. The van der Waals surface area contributed by atoms with E-state index in [4.69, 9.17) is 4.74 Å². The van der Waals surface area contributed by atoms with Crippen molar-refractivity contribution < 1.29 is 9.84 Å². The van der Waals surface area contributed by atoms with Crippen molar-refractivity contribution in [1.29, 1.82) is 0 Å². The van der Waals surface area contributed by atoms with Gasteiger partial charge in [0, 0.05) is 11.1 Å². The maximum absolute atomic E-state index is 9.68. The van der Waals surface area contributed by atoms with Gasteiger partial charge in [-0.25, -0.2) is 9.98 Å². The number of nitrogens with zero attached hydrogens (tertiary/aromatic N) is 2. The van der Waals surface area contributed by atoms with Gasteiger partial charge < -0.3 is 9.84 Å². The molecule has 0 amide bonds.